The van der Waals surface area contributed by atoms with Crippen molar-refractivity contribution in [2.24, 2.45) is 0 Å². The number of anilines is 1. The highest BCUT2D eigenvalue weighted by atomic mass is 35.5. The molecule has 2 heterocycles. The van der Waals surface area contributed by atoms with Crippen LogP contribution < -0.4 is 4.72 Å². The number of tetrazole rings is 1. The van der Waals surface area contributed by atoms with Crippen LogP contribution in [0.4, 0.5) is 5.69 Å². The number of nitrogens with one attached hydrogen (secondary N) is 2. The maximum absolute atomic E-state index is 10.9. The van der Waals surface area contributed by atoms with Gasteiger partial charge in [-0.3, -0.25) is 4.21 Å². The zero-order valence-corrected chi connectivity index (χ0v) is 14.0. The summed E-state index contributed by atoms with van der Waals surface area (Å²) in [6, 6.07) is 7.42. The summed E-state index contributed by atoms with van der Waals surface area (Å²) in [6.45, 7) is 0. The maximum Gasteiger partial charge on any atom is 0.205 e. The Balaban J connectivity index is 1.96. The van der Waals surface area contributed by atoms with Crippen LogP contribution >= 0.6 is 22.9 Å². The Morgan fingerprint density at radius 3 is 2.91 bits per heavy atom. The Morgan fingerprint density at radius 2 is 2.26 bits per heavy atom. The van der Waals surface area contributed by atoms with E-state index < -0.39 is 11.3 Å². The smallest absolute Gasteiger partial charge is 0.205 e. The molecule has 1 unspecified atom stereocenters. The maximum atomic E-state index is 10.9. The molecule has 2 N–H and O–H groups in total. The third kappa shape index (κ3) is 3.94. The number of halogens is 1. The summed E-state index contributed by atoms with van der Waals surface area (Å²) in [5.74, 6) is 0.391. The second kappa shape index (κ2) is 7.18. The molecule has 0 fully saturated rings. The number of aromatic amines is 1. The first-order valence-electron chi connectivity index (χ1n) is 6.58. The monoisotopic (exact) mass is 368 g/mol. The van der Waals surface area contributed by atoms with E-state index in [1.165, 1.54) is 4.88 Å². The van der Waals surface area contributed by atoms with Crippen molar-refractivity contribution in [2.45, 2.75) is 12.8 Å². The van der Waals surface area contributed by atoms with Crippen LogP contribution in [0.15, 0.2) is 29.6 Å². The molecule has 3 rings (SSSR count). The number of rotatable bonds is 6. The minimum atomic E-state index is -2.46. The molecule has 1 atom stereocenters. The molecule has 10 heteroatoms. The van der Waals surface area contributed by atoms with E-state index in [-0.39, 0.29) is 5.69 Å². The summed E-state index contributed by atoms with van der Waals surface area (Å²) in [5.41, 5.74) is 1.89. The van der Waals surface area contributed by atoms with E-state index in [1.807, 2.05) is 11.4 Å². The summed E-state index contributed by atoms with van der Waals surface area (Å²) >= 11 is 5.39. The van der Waals surface area contributed by atoms with E-state index >= 15 is 0 Å². The van der Waals surface area contributed by atoms with Gasteiger partial charge in [-0.25, -0.2) is 0 Å². The first-order valence-corrected chi connectivity index (χ1v) is 8.91. The van der Waals surface area contributed by atoms with E-state index in [9.17, 15) is 8.76 Å². The SMILES string of the molecule is O=S([O-])Nc1cc(-c2nn[nH]n2)c(CCc2cccs2)cc1Cl. The average Bonchev–Trinajstić information content (AvgIpc) is 3.20. The summed E-state index contributed by atoms with van der Waals surface area (Å²) in [6.07, 6.45) is 1.57. The largest absolute Gasteiger partial charge is 0.755 e. The van der Waals surface area contributed by atoms with Gasteiger partial charge in [-0.1, -0.05) is 17.7 Å². The van der Waals surface area contributed by atoms with Crippen molar-refractivity contribution in [1.29, 1.82) is 0 Å². The molecule has 3 aromatic rings. The number of thiophene rings is 1. The van der Waals surface area contributed by atoms with Crippen LogP contribution in [0.2, 0.25) is 5.02 Å². The van der Waals surface area contributed by atoms with Crippen molar-refractivity contribution < 1.29 is 8.76 Å². The number of aromatic nitrogens is 4. The van der Waals surface area contributed by atoms with Gasteiger partial charge < -0.3 is 9.27 Å². The van der Waals surface area contributed by atoms with Crippen LogP contribution in [0.1, 0.15) is 10.4 Å². The molecule has 2 aromatic heterocycles. The molecule has 1 aromatic carbocycles. The molecule has 0 saturated carbocycles. The highest BCUT2D eigenvalue weighted by Gasteiger charge is 2.14. The van der Waals surface area contributed by atoms with Gasteiger partial charge in [-0.2, -0.15) is 5.21 Å². The quantitative estimate of drug-likeness (QED) is 0.650. The van der Waals surface area contributed by atoms with Crippen molar-refractivity contribution in [2.75, 3.05) is 4.72 Å². The fourth-order valence-corrected chi connectivity index (χ4v) is 3.53. The molecule has 0 amide bonds. The van der Waals surface area contributed by atoms with Gasteiger partial charge in [0.1, 0.15) is 0 Å². The Hall–Kier alpha value is -1.81. The van der Waals surface area contributed by atoms with E-state index in [2.05, 4.69) is 31.4 Å². The number of H-pyrrole nitrogens is 1. The van der Waals surface area contributed by atoms with Crippen LogP contribution in [0.25, 0.3) is 11.4 Å². The summed E-state index contributed by atoms with van der Waals surface area (Å²) < 4.78 is 24.0. The van der Waals surface area contributed by atoms with Gasteiger partial charge in [0, 0.05) is 21.7 Å². The molecule has 0 saturated heterocycles. The van der Waals surface area contributed by atoms with Gasteiger partial charge in [0.25, 0.3) is 0 Å². The van der Waals surface area contributed by atoms with Crippen molar-refractivity contribution in [1.82, 2.24) is 20.6 Å². The highest BCUT2D eigenvalue weighted by molar-refractivity contribution is 7.80. The Bertz CT molecular complexity index is 808. The van der Waals surface area contributed by atoms with E-state index in [1.54, 1.807) is 23.5 Å². The first kappa shape index (κ1) is 16.1. The van der Waals surface area contributed by atoms with Crippen LogP contribution in [0.5, 0.6) is 0 Å². The Labute approximate surface area is 143 Å². The fraction of sp³-hybridized carbons (Fsp3) is 0.154. The van der Waals surface area contributed by atoms with Gasteiger partial charge in [0.2, 0.25) is 5.82 Å². The van der Waals surface area contributed by atoms with Crippen molar-refractivity contribution in [3.05, 3.63) is 45.1 Å². The average molecular weight is 369 g/mol. The first-order chi connectivity index (χ1) is 11.1. The van der Waals surface area contributed by atoms with Crippen molar-refractivity contribution >= 4 is 39.9 Å². The van der Waals surface area contributed by atoms with Gasteiger partial charge >= 0.3 is 0 Å². The molecule has 0 spiro atoms. The molecule has 120 valence electrons. The van der Waals surface area contributed by atoms with Crippen molar-refractivity contribution in [3.8, 4) is 11.4 Å². The van der Waals surface area contributed by atoms with Gasteiger partial charge in [-0.15, -0.1) is 21.5 Å². The number of benzene rings is 1. The minimum absolute atomic E-state index is 0.277. The van der Waals surface area contributed by atoms with Crippen LogP contribution in [0.3, 0.4) is 0 Å². The number of hydrogen-bond donors (Lipinski definition) is 2. The molecule has 7 nitrogen and oxygen atoms in total. The minimum Gasteiger partial charge on any atom is -0.755 e. The standard InChI is InChI=1S/C13H12ClN5O2S2/c14-11-6-8(3-4-9-2-1-5-22-9)10(13-15-18-19-16-13)7-12(11)17-23(20)21/h1-2,5-7,17H,3-4H2,(H,20,21)(H,15,16,18,19)/p-1. The van der Waals surface area contributed by atoms with Crippen LogP contribution in [-0.2, 0) is 24.1 Å². The third-order valence-corrected chi connectivity index (χ3v) is 4.83. The van der Waals surface area contributed by atoms with E-state index in [0.717, 1.165) is 18.4 Å². The lowest BCUT2D eigenvalue weighted by molar-refractivity contribution is 0.542. The van der Waals surface area contributed by atoms with Crippen LogP contribution in [-0.4, -0.2) is 29.4 Å². The molecule has 23 heavy (non-hydrogen) atoms. The predicted molar refractivity (Wildman–Crippen MR) is 88.9 cm³/mol. The van der Waals surface area contributed by atoms with E-state index in [0.29, 0.717) is 16.4 Å². The summed E-state index contributed by atoms with van der Waals surface area (Å²) in [4.78, 5) is 1.25. The number of aryl methyl sites for hydroxylation is 2. The molecule has 0 aliphatic heterocycles. The van der Waals surface area contributed by atoms with E-state index in [4.69, 9.17) is 11.6 Å². The highest BCUT2D eigenvalue weighted by Crippen LogP contribution is 2.32. The summed E-state index contributed by atoms with van der Waals surface area (Å²) in [5, 5.41) is 16.2. The second-order valence-electron chi connectivity index (χ2n) is 4.64. The number of nitrogens with zero attached hydrogens (tertiary/aromatic N) is 3. The van der Waals surface area contributed by atoms with Gasteiger partial charge in [-0.05, 0) is 47.2 Å². The Morgan fingerprint density at radius 1 is 1.39 bits per heavy atom. The van der Waals surface area contributed by atoms with Crippen LogP contribution in [0, 0.1) is 0 Å². The van der Waals surface area contributed by atoms with Gasteiger partial charge in [0.05, 0.1) is 10.7 Å². The molecular weight excluding hydrogens is 358 g/mol. The predicted octanol–water partition coefficient (Wildman–Crippen LogP) is 2.57. The molecule has 0 aliphatic rings. The third-order valence-electron chi connectivity index (χ3n) is 3.19. The number of hydrogen-bond acceptors (Lipinski definition) is 6. The molecule has 0 aliphatic carbocycles. The molecular formula is C13H11ClN5O2S2-. The van der Waals surface area contributed by atoms with Crippen molar-refractivity contribution in [3.63, 3.8) is 0 Å². The zero-order chi connectivity index (χ0) is 16.2. The Kier molecular flexibility index (Phi) is 5.01. The lowest BCUT2D eigenvalue weighted by atomic mass is 10.0. The fourth-order valence-electron chi connectivity index (χ4n) is 2.19. The summed E-state index contributed by atoms with van der Waals surface area (Å²) in [7, 11) is 0. The van der Waals surface area contributed by atoms with Gasteiger partial charge in [0.15, 0.2) is 0 Å². The molecule has 0 bridgehead atoms. The lowest BCUT2D eigenvalue weighted by Gasteiger charge is -2.14. The normalized spacial score (nSPS) is 12.3. The second-order valence-corrected chi connectivity index (χ2v) is 6.75. The molecule has 0 radical (unpaired) electrons. The zero-order valence-electron chi connectivity index (χ0n) is 11.7. The topological polar surface area (TPSA) is 107 Å². The lowest BCUT2D eigenvalue weighted by Crippen LogP contribution is -2.04.